The van der Waals surface area contributed by atoms with E-state index in [1.54, 1.807) is 23.0 Å². The van der Waals surface area contributed by atoms with Gasteiger partial charge in [-0.05, 0) is 50.2 Å². The smallest absolute Gasteiger partial charge is 0.264 e. The van der Waals surface area contributed by atoms with E-state index >= 15 is 0 Å². The van der Waals surface area contributed by atoms with E-state index in [2.05, 4.69) is 30.1 Å². The molecule has 1 aromatic carbocycles. The van der Waals surface area contributed by atoms with Crippen LogP contribution in [-0.2, 0) is 10.0 Å². The van der Waals surface area contributed by atoms with Crippen molar-refractivity contribution in [3.05, 3.63) is 66.7 Å². The number of carbonyl (C=O) groups excluding carboxylic acids is 1. The molecule has 0 saturated heterocycles. The lowest BCUT2D eigenvalue weighted by molar-refractivity contribution is 0.102. The summed E-state index contributed by atoms with van der Waals surface area (Å²) in [6.07, 6.45) is 6.02. The summed E-state index contributed by atoms with van der Waals surface area (Å²) in [5, 5.41) is 7.79. The number of pyridine rings is 1. The molecule has 4 aromatic rings. The Labute approximate surface area is 178 Å². The molecule has 1 amide bonds. The van der Waals surface area contributed by atoms with Gasteiger partial charge in [0.05, 0.1) is 16.7 Å². The highest BCUT2D eigenvalue weighted by atomic mass is 32.2. The number of amides is 1. The average molecular weight is 437 g/mol. The van der Waals surface area contributed by atoms with Gasteiger partial charge < -0.3 is 5.32 Å². The van der Waals surface area contributed by atoms with Crippen molar-refractivity contribution in [2.75, 3.05) is 10.0 Å². The molecule has 0 saturated carbocycles. The molecule has 2 N–H and O–H groups in total. The van der Waals surface area contributed by atoms with Crippen LogP contribution in [0.15, 0.2) is 66.1 Å². The topological polar surface area (TPSA) is 132 Å². The second-order valence-electron chi connectivity index (χ2n) is 6.98. The molecule has 0 unspecified atom stereocenters. The first kappa shape index (κ1) is 20.4. The van der Waals surface area contributed by atoms with E-state index in [-0.39, 0.29) is 22.8 Å². The summed E-state index contributed by atoms with van der Waals surface area (Å²) in [5.74, 6) is -0.387. The number of fused-ring (bicyclic) bond motifs is 1. The average Bonchev–Trinajstić information content (AvgIpc) is 3.18. The van der Waals surface area contributed by atoms with Crippen molar-refractivity contribution in [3.8, 4) is 0 Å². The molecule has 3 aromatic heterocycles. The van der Waals surface area contributed by atoms with Crippen LogP contribution in [-0.4, -0.2) is 39.1 Å². The van der Waals surface area contributed by atoms with Crippen molar-refractivity contribution in [1.82, 2.24) is 24.7 Å². The predicted octanol–water partition coefficient (Wildman–Crippen LogP) is 2.86. The molecule has 0 aliphatic rings. The Morgan fingerprint density at radius 3 is 2.42 bits per heavy atom. The van der Waals surface area contributed by atoms with Gasteiger partial charge in [0.25, 0.3) is 15.9 Å². The summed E-state index contributed by atoms with van der Waals surface area (Å²) in [7, 11) is -3.85. The minimum absolute atomic E-state index is 0.0159. The summed E-state index contributed by atoms with van der Waals surface area (Å²) in [5.41, 5.74) is 1.52. The fourth-order valence-electron chi connectivity index (χ4n) is 2.89. The van der Waals surface area contributed by atoms with Gasteiger partial charge in [0.15, 0.2) is 5.65 Å². The van der Waals surface area contributed by atoms with Crippen LogP contribution in [0.25, 0.3) is 11.0 Å². The largest absolute Gasteiger partial charge is 0.322 e. The van der Waals surface area contributed by atoms with Crippen molar-refractivity contribution >= 4 is 38.6 Å². The summed E-state index contributed by atoms with van der Waals surface area (Å²) < 4.78 is 28.9. The normalized spacial score (nSPS) is 11.6. The lowest BCUT2D eigenvalue weighted by Crippen LogP contribution is -2.15. The summed E-state index contributed by atoms with van der Waals surface area (Å²) in [6.45, 7) is 4.00. The third kappa shape index (κ3) is 4.36. The van der Waals surface area contributed by atoms with Crippen LogP contribution < -0.4 is 10.0 Å². The lowest BCUT2D eigenvalue weighted by Gasteiger charge is -2.09. The van der Waals surface area contributed by atoms with Crippen LogP contribution >= 0.6 is 0 Å². The SMILES string of the molecule is CC(C)n1ncc2cc(C(=O)Nc3ccc(S(=O)(=O)Nc4ncccn4)cc3)cnc21. The standard InChI is InChI=1S/C20H19N7O3S/c1-13(2)27-18-14(12-24-27)10-15(11-23-18)19(28)25-16-4-6-17(7-5-16)31(29,30)26-20-21-8-3-9-22-20/h3-13H,1-2H3,(H,25,28)(H,21,22,26). The Kier molecular flexibility index (Phi) is 5.34. The van der Waals surface area contributed by atoms with E-state index in [1.807, 2.05) is 13.8 Å². The minimum Gasteiger partial charge on any atom is -0.322 e. The number of benzene rings is 1. The first-order valence-corrected chi connectivity index (χ1v) is 10.9. The maximum absolute atomic E-state index is 12.6. The third-order valence-corrected chi connectivity index (χ3v) is 5.74. The molecule has 11 heteroatoms. The van der Waals surface area contributed by atoms with Crippen LogP contribution in [0.4, 0.5) is 11.6 Å². The van der Waals surface area contributed by atoms with Gasteiger partial charge in [-0.3, -0.25) is 4.79 Å². The second kappa shape index (κ2) is 8.11. The highest BCUT2D eigenvalue weighted by molar-refractivity contribution is 7.92. The number of hydrogen-bond donors (Lipinski definition) is 2. The number of nitrogens with one attached hydrogen (secondary N) is 2. The second-order valence-corrected chi connectivity index (χ2v) is 8.66. The Morgan fingerprint density at radius 2 is 1.74 bits per heavy atom. The number of nitrogens with zero attached hydrogens (tertiary/aromatic N) is 5. The fourth-order valence-corrected chi connectivity index (χ4v) is 3.85. The Balaban J connectivity index is 1.48. The highest BCUT2D eigenvalue weighted by Gasteiger charge is 2.16. The zero-order valence-electron chi connectivity index (χ0n) is 16.7. The zero-order chi connectivity index (χ0) is 22.0. The van der Waals surface area contributed by atoms with E-state index in [1.165, 1.54) is 42.9 Å². The van der Waals surface area contributed by atoms with E-state index in [9.17, 15) is 13.2 Å². The highest BCUT2D eigenvalue weighted by Crippen LogP contribution is 2.19. The van der Waals surface area contributed by atoms with Crippen molar-refractivity contribution < 1.29 is 13.2 Å². The molecule has 0 spiro atoms. The van der Waals surface area contributed by atoms with Crippen LogP contribution in [0.3, 0.4) is 0 Å². The number of hydrogen-bond acceptors (Lipinski definition) is 7. The van der Waals surface area contributed by atoms with Gasteiger partial charge in [-0.2, -0.15) is 5.10 Å². The molecule has 0 fully saturated rings. The third-order valence-electron chi connectivity index (χ3n) is 4.40. The van der Waals surface area contributed by atoms with Crippen LogP contribution in [0, 0.1) is 0 Å². The molecule has 0 radical (unpaired) electrons. The van der Waals surface area contributed by atoms with Crippen molar-refractivity contribution in [2.45, 2.75) is 24.8 Å². The predicted molar refractivity (Wildman–Crippen MR) is 115 cm³/mol. The van der Waals surface area contributed by atoms with Gasteiger partial charge in [0, 0.05) is 35.7 Å². The van der Waals surface area contributed by atoms with Crippen LogP contribution in [0.1, 0.15) is 30.2 Å². The van der Waals surface area contributed by atoms with Crippen molar-refractivity contribution in [1.29, 1.82) is 0 Å². The molecule has 31 heavy (non-hydrogen) atoms. The van der Waals surface area contributed by atoms with Gasteiger partial charge in [-0.1, -0.05) is 0 Å². The summed E-state index contributed by atoms with van der Waals surface area (Å²) in [4.78, 5) is 24.6. The van der Waals surface area contributed by atoms with Gasteiger partial charge in [0.2, 0.25) is 5.95 Å². The van der Waals surface area contributed by atoms with E-state index in [0.29, 0.717) is 16.9 Å². The molecule has 0 atom stereocenters. The first-order chi connectivity index (χ1) is 14.8. The molecule has 0 bridgehead atoms. The number of anilines is 2. The maximum atomic E-state index is 12.6. The number of rotatable bonds is 6. The van der Waals surface area contributed by atoms with Crippen molar-refractivity contribution in [3.63, 3.8) is 0 Å². The van der Waals surface area contributed by atoms with Gasteiger partial charge in [-0.25, -0.2) is 32.8 Å². The molecule has 158 valence electrons. The van der Waals surface area contributed by atoms with E-state index in [4.69, 9.17) is 0 Å². The molecular weight excluding hydrogens is 418 g/mol. The Hall–Kier alpha value is -3.86. The van der Waals surface area contributed by atoms with Crippen molar-refractivity contribution in [2.24, 2.45) is 0 Å². The minimum atomic E-state index is -3.85. The van der Waals surface area contributed by atoms with E-state index in [0.717, 1.165) is 5.39 Å². The van der Waals surface area contributed by atoms with Crippen LogP contribution in [0.5, 0.6) is 0 Å². The Bertz CT molecular complexity index is 1330. The fraction of sp³-hybridized carbons (Fsp3) is 0.150. The lowest BCUT2D eigenvalue weighted by atomic mass is 10.2. The summed E-state index contributed by atoms with van der Waals surface area (Å²) >= 11 is 0. The molecule has 4 rings (SSSR count). The Morgan fingerprint density at radius 1 is 1.03 bits per heavy atom. The number of sulfonamides is 1. The molecule has 0 aliphatic heterocycles. The van der Waals surface area contributed by atoms with Gasteiger partial charge in [-0.15, -0.1) is 0 Å². The number of carbonyl (C=O) groups is 1. The molecule has 0 aliphatic carbocycles. The summed E-state index contributed by atoms with van der Waals surface area (Å²) in [6, 6.07) is 9.22. The molecule has 10 nitrogen and oxygen atoms in total. The van der Waals surface area contributed by atoms with E-state index < -0.39 is 10.0 Å². The zero-order valence-corrected chi connectivity index (χ0v) is 17.5. The maximum Gasteiger partial charge on any atom is 0.264 e. The van der Waals surface area contributed by atoms with Gasteiger partial charge in [0.1, 0.15) is 0 Å². The molecular formula is C20H19N7O3S. The monoisotopic (exact) mass is 437 g/mol. The quantitative estimate of drug-likeness (QED) is 0.474. The molecule has 3 heterocycles. The first-order valence-electron chi connectivity index (χ1n) is 9.38. The van der Waals surface area contributed by atoms with Gasteiger partial charge >= 0.3 is 0 Å². The number of aromatic nitrogens is 5. The van der Waals surface area contributed by atoms with Crippen LogP contribution in [0.2, 0.25) is 0 Å².